The van der Waals surface area contributed by atoms with Crippen molar-refractivity contribution in [3.8, 4) is 0 Å². The zero-order valence-electron chi connectivity index (χ0n) is 12.5. The number of benzene rings is 1. The molecule has 2 aromatic rings. The van der Waals surface area contributed by atoms with Crippen LogP contribution in [0.15, 0.2) is 42.6 Å². The number of halogens is 3. The minimum absolute atomic E-state index is 0.0260. The fourth-order valence-corrected chi connectivity index (χ4v) is 2.50. The third kappa shape index (κ3) is 2.70. The van der Waals surface area contributed by atoms with E-state index >= 15 is 0 Å². The Bertz CT molecular complexity index is 806. The van der Waals surface area contributed by atoms with Gasteiger partial charge in [-0.2, -0.15) is 13.2 Å². The maximum Gasteiger partial charge on any atom is 0.416 e. The van der Waals surface area contributed by atoms with E-state index in [1.165, 1.54) is 30.3 Å². The van der Waals surface area contributed by atoms with Crippen molar-refractivity contribution in [2.45, 2.75) is 12.6 Å². The Balaban J connectivity index is 2.25. The standard InChI is InChI=1S/C16H12F3N3O2/c1-21-11-6-5-10(16(17,18)19)8-12(11)22(15(24)9-14(21)23)13-4-2-3-7-20-13/h2-8H,9H2,1H3. The monoisotopic (exact) mass is 335 g/mol. The van der Waals surface area contributed by atoms with Gasteiger partial charge in [-0.1, -0.05) is 6.07 Å². The quantitative estimate of drug-likeness (QED) is 0.753. The van der Waals surface area contributed by atoms with Gasteiger partial charge in [-0.25, -0.2) is 4.98 Å². The maximum atomic E-state index is 13.1. The molecule has 1 aliphatic rings. The highest BCUT2D eigenvalue weighted by Crippen LogP contribution is 2.40. The van der Waals surface area contributed by atoms with E-state index in [1.54, 1.807) is 12.1 Å². The first-order chi connectivity index (χ1) is 11.3. The molecule has 0 aliphatic carbocycles. The Morgan fingerprint density at radius 3 is 2.42 bits per heavy atom. The molecule has 0 N–H and O–H groups in total. The first-order valence-electron chi connectivity index (χ1n) is 7.01. The molecular weight excluding hydrogens is 323 g/mol. The molecule has 0 spiro atoms. The summed E-state index contributed by atoms with van der Waals surface area (Å²) in [5, 5.41) is 0. The lowest BCUT2D eigenvalue weighted by molar-refractivity contribution is -0.137. The summed E-state index contributed by atoms with van der Waals surface area (Å²) in [6.45, 7) is 0. The van der Waals surface area contributed by atoms with Crippen LogP contribution >= 0.6 is 0 Å². The predicted molar refractivity (Wildman–Crippen MR) is 80.9 cm³/mol. The third-order valence-corrected chi connectivity index (χ3v) is 3.71. The normalized spacial score (nSPS) is 15.3. The fourth-order valence-electron chi connectivity index (χ4n) is 2.50. The van der Waals surface area contributed by atoms with E-state index < -0.39 is 30.0 Å². The second-order valence-electron chi connectivity index (χ2n) is 5.25. The largest absolute Gasteiger partial charge is 0.416 e. The van der Waals surface area contributed by atoms with Crippen LogP contribution in [-0.4, -0.2) is 23.8 Å². The minimum atomic E-state index is -4.57. The summed E-state index contributed by atoms with van der Waals surface area (Å²) in [5.41, 5.74) is -0.718. The number of pyridine rings is 1. The minimum Gasteiger partial charge on any atom is -0.313 e. The number of hydrogen-bond donors (Lipinski definition) is 0. The van der Waals surface area contributed by atoms with Crippen LogP contribution in [0.1, 0.15) is 12.0 Å². The highest BCUT2D eigenvalue weighted by molar-refractivity contribution is 6.17. The summed E-state index contributed by atoms with van der Waals surface area (Å²) in [5.74, 6) is -0.978. The lowest BCUT2D eigenvalue weighted by Crippen LogP contribution is -2.29. The number of aromatic nitrogens is 1. The summed E-state index contributed by atoms with van der Waals surface area (Å²) in [6.07, 6.45) is -3.60. The third-order valence-electron chi connectivity index (χ3n) is 3.71. The number of carbonyl (C=O) groups excluding carboxylic acids is 2. The van der Waals surface area contributed by atoms with Crippen molar-refractivity contribution < 1.29 is 22.8 Å². The topological polar surface area (TPSA) is 53.5 Å². The molecule has 24 heavy (non-hydrogen) atoms. The lowest BCUT2D eigenvalue weighted by atomic mass is 10.1. The Kier molecular flexibility index (Phi) is 3.75. The van der Waals surface area contributed by atoms with Gasteiger partial charge in [0.1, 0.15) is 12.2 Å². The van der Waals surface area contributed by atoms with Crippen molar-refractivity contribution in [1.82, 2.24) is 4.98 Å². The molecule has 1 aromatic carbocycles. The van der Waals surface area contributed by atoms with Gasteiger partial charge in [-0.05, 0) is 30.3 Å². The lowest BCUT2D eigenvalue weighted by Gasteiger charge is -2.24. The molecule has 124 valence electrons. The number of alkyl halides is 3. The second kappa shape index (κ2) is 5.63. The average molecular weight is 335 g/mol. The summed E-state index contributed by atoms with van der Waals surface area (Å²) >= 11 is 0. The Morgan fingerprint density at radius 1 is 1.04 bits per heavy atom. The average Bonchev–Trinajstić information content (AvgIpc) is 2.62. The van der Waals surface area contributed by atoms with Crippen molar-refractivity contribution >= 4 is 29.0 Å². The molecule has 0 saturated heterocycles. The number of anilines is 3. The van der Waals surface area contributed by atoms with Crippen molar-refractivity contribution in [2.24, 2.45) is 0 Å². The number of fused-ring (bicyclic) bond motifs is 1. The van der Waals surface area contributed by atoms with E-state index in [1.807, 2.05) is 0 Å². The number of nitrogens with zero attached hydrogens (tertiary/aromatic N) is 3. The summed E-state index contributed by atoms with van der Waals surface area (Å²) < 4.78 is 39.2. The van der Waals surface area contributed by atoms with E-state index in [9.17, 15) is 22.8 Å². The van der Waals surface area contributed by atoms with Crippen LogP contribution in [0.3, 0.4) is 0 Å². The molecule has 0 unspecified atom stereocenters. The molecule has 1 aliphatic heterocycles. The number of hydrogen-bond acceptors (Lipinski definition) is 3. The van der Waals surface area contributed by atoms with Crippen LogP contribution in [0.25, 0.3) is 0 Å². The molecule has 0 radical (unpaired) electrons. The molecule has 0 fully saturated rings. The molecule has 0 bridgehead atoms. The van der Waals surface area contributed by atoms with Gasteiger partial charge in [0.15, 0.2) is 0 Å². The predicted octanol–water partition coefficient (Wildman–Crippen LogP) is 3.13. The number of rotatable bonds is 1. The van der Waals surface area contributed by atoms with Gasteiger partial charge in [0.05, 0.1) is 16.9 Å². The summed E-state index contributed by atoms with van der Waals surface area (Å²) in [4.78, 5) is 30.8. The van der Waals surface area contributed by atoms with E-state index in [0.717, 1.165) is 17.0 Å². The van der Waals surface area contributed by atoms with Crippen molar-refractivity contribution in [3.05, 3.63) is 48.2 Å². The van der Waals surface area contributed by atoms with Gasteiger partial charge in [0.2, 0.25) is 11.8 Å². The molecular formula is C16H12F3N3O2. The molecule has 8 heteroatoms. The molecule has 3 rings (SSSR count). The highest BCUT2D eigenvalue weighted by Gasteiger charge is 2.36. The molecule has 0 saturated carbocycles. The Labute approximate surface area is 135 Å². The van der Waals surface area contributed by atoms with Crippen molar-refractivity contribution in [1.29, 1.82) is 0 Å². The SMILES string of the molecule is CN1C(=O)CC(=O)N(c2ccccn2)c2cc(C(F)(F)F)ccc21. The van der Waals surface area contributed by atoms with E-state index in [0.29, 0.717) is 0 Å². The molecule has 2 heterocycles. The van der Waals surface area contributed by atoms with Gasteiger partial charge in [-0.15, -0.1) is 0 Å². The van der Waals surface area contributed by atoms with Crippen LogP contribution in [0, 0.1) is 0 Å². The highest BCUT2D eigenvalue weighted by atomic mass is 19.4. The van der Waals surface area contributed by atoms with E-state index in [-0.39, 0.29) is 17.2 Å². The molecule has 0 atom stereocenters. The smallest absolute Gasteiger partial charge is 0.313 e. The first-order valence-corrected chi connectivity index (χ1v) is 7.01. The number of amides is 2. The van der Waals surface area contributed by atoms with Crippen LogP contribution in [0.5, 0.6) is 0 Å². The molecule has 1 aromatic heterocycles. The van der Waals surface area contributed by atoms with Gasteiger partial charge in [0, 0.05) is 13.2 Å². The zero-order chi connectivity index (χ0) is 17.5. The Morgan fingerprint density at radius 2 is 1.79 bits per heavy atom. The fraction of sp³-hybridized carbons (Fsp3) is 0.188. The van der Waals surface area contributed by atoms with Gasteiger partial charge in [0.25, 0.3) is 0 Å². The van der Waals surface area contributed by atoms with Gasteiger partial charge in [-0.3, -0.25) is 14.5 Å². The molecule has 5 nitrogen and oxygen atoms in total. The van der Waals surface area contributed by atoms with E-state index in [4.69, 9.17) is 0 Å². The summed E-state index contributed by atoms with van der Waals surface area (Å²) in [7, 11) is 1.42. The van der Waals surface area contributed by atoms with Crippen molar-refractivity contribution in [2.75, 3.05) is 16.8 Å². The van der Waals surface area contributed by atoms with Crippen LogP contribution in [0.2, 0.25) is 0 Å². The molecule has 2 amide bonds. The maximum absolute atomic E-state index is 13.1. The van der Waals surface area contributed by atoms with Crippen LogP contribution < -0.4 is 9.80 Å². The van der Waals surface area contributed by atoms with Crippen LogP contribution in [-0.2, 0) is 15.8 Å². The zero-order valence-corrected chi connectivity index (χ0v) is 12.5. The number of carbonyl (C=O) groups is 2. The van der Waals surface area contributed by atoms with Gasteiger partial charge < -0.3 is 4.90 Å². The van der Waals surface area contributed by atoms with E-state index in [2.05, 4.69) is 4.98 Å². The van der Waals surface area contributed by atoms with Gasteiger partial charge >= 0.3 is 6.18 Å². The van der Waals surface area contributed by atoms with Crippen LogP contribution in [0.4, 0.5) is 30.4 Å². The Hall–Kier alpha value is -2.90. The second-order valence-corrected chi connectivity index (χ2v) is 5.25. The van der Waals surface area contributed by atoms with Crippen molar-refractivity contribution in [3.63, 3.8) is 0 Å². The summed E-state index contributed by atoms with van der Waals surface area (Å²) in [6, 6.07) is 7.66. The first kappa shape index (κ1) is 16.0.